The molecule has 2 atom stereocenters. The van der Waals surface area contributed by atoms with Crippen LogP contribution in [0.25, 0.3) is 23.0 Å². The molecule has 0 spiro atoms. The topological polar surface area (TPSA) is 130 Å². The fourth-order valence-electron chi connectivity index (χ4n) is 4.28. The summed E-state index contributed by atoms with van der Waals surface area (Å²) in [7, 11) is 0. The summed E-state index contributed by atoms with van der Waals surface area (Å²) < 4.78 is 1.49. The molecule has 39 heavy (non-hydrogen) atoms. The number of para-hydroxylation sites is 1. The third-order valence-electron chi connectivity index (χ3n) is 6.12. The molecule has 3 heterocycles. The molecule has 4 aromatic rings. The summed E-state index contributed by atoms with van der Waals surface area (Å²) >= 11 is 12.7. The van der Waals surface area contributed by atoms with Crippen LogP contribution in [-0.2, 0) is 9.59 Å². The quantitative estimate of drug-likeness (QED) is 0.233. The Bertz CT molecular complexity index is 1560. The first-order valence-electron chi connectivity index (χ1n) is 12.2. The highest BCUT2D eigenvalue weighted by Gasteiger charge is 2.22. The van der Waals surface area contributed by atoms with Gasteiger partial charge in [0.15, 0.2) is 0 Å². The minimum Gasteiger partial charge on any atom is -0.342 e. The second-order valence-corrected chi connectivity index (χ2v) is 9.89. The molecule has 1 aliphatic rings. The average molecular weight is 563 g/mol. The van der Waals surface area contributed by atoms with E-state index in [2.05, 4.69) is 31.1 Å². The number of carbonyl (C=O) groups is 2. The van der Waals surface area contributed by atoms with E-state index in [1.807, 2.05) is 43.3 Å². The molecule has 0 saturated carbocycles. The van der Waals surface area contributed by atoms with Gasteiger partial charge in [0.05, 0.1) is 17.4 Å². The Kier molecular flexibility index (Phi) is 7.85. The number of carbonyl (C=O) groups excluding carboxylic acids is 2. The standard InChI is InChI=1S/C27H24Cl2N8O2/c1-16-5-4-8-21(27-33-25(26(29)34-27)19-6-2-3-7-20(19)31-24(39)13-16)32-23(38)12-9-17-14-18(28)10-11-22(17)37-15-30-35-36-37/h2-7,9-12,14-16,21H,8,13H2,1H3,(H,31,39)(H,32,38)(H,33,34)/b5-4-,12-9-/t16-,21?/m1/s1. The Labute approximate surface area is 234 Å². The zero-order chi connectivity index (χ0) is 27.4. The Morgan fingerprint density at radius 2 is 2.05 bits per heavy atom. The van der Waals surface area contributed by atoms with Crippen molar-refractivity contribution in [3.05, 3.63) is 88.6 Å². The van der Waals surface area contributed by atoms with Gasteiger partial charge >= 0.3 is 0 Å². The predicted molar refractivity (Wildman–Crippen MR) is 149 cm³/mol. The van der Waals surface area contributed by atoms with E-state index in [1.54, 1.807) is 24.3 Å². The van der Waals surface area contributed by atoms with E-state index in [4.69, 9.17) is 28.2 Å². The van der Waals surface area contributed by atoms with Gasteiger partial charge in [-0.3, -0.25) is 9.59 Å². The van der Waals surface area contributed by atoms with Gasteiger partial charge in [0, 0.05) is 28.6 Å². The molecule has 1 aliphatic heterocycles. The minimum atomic E-state index is -0.508. The number of hydrogen-bond acceptors (Lipinski definition) is 6. The summed E-state index contributed by atoms with van der Waals surface area (Å²) in [4.78, 5) is 33.5. The number of H-pyrrole nitrogens is 1. The number of nitrogens with zero attached hydrogens (tertiary/aromatic N) is 5. The minimum absolute atomic E-state index is 0.00317. The lowest BCUT2D eigenvalue weighted by Crippen LogP contribution is -2.27. The van der Waals surface area contributed by atoms with Crippen molar-refractivity contribution < 1.29 is 9.59 Å². The average Bonchev–Trinajstić information content (AvgIpc) is 3.57. The van der Waals surface area contributed by atoms with Crippen LogP contribution >= 0.6 is 23.2 Å². The number of halogens is 2. The summed E-state index contributed by atoms with van der Waals surface area (Å²) in [6.45, 7) is 1.96. The number of aromatic nitrogens is 6. The summed E-state index contributed by atoms with van der Waals surface area (Å²) in [5, 5.41) is 18.0. The van der Waals surface area contributed by atoms with E-state index in [0.717, 1.165) is 0 Å². The fourth-order valence-corrected chi connectivity index (χ4v) is 4.70. The maximum atomic E-state index is 13.1. The zero-order valence-electron chi connectivity index (χ0n) is 20.8. The number of tetrazole rings is 1. The Hall–Kier alpha value is -4.28. The van der Waals surface area contributed by atoms with E-state index in [9.17, 15) is 9.59 Å². The fraction of sp³-hybridized carbons (Fsp3) is 0.185. The van der Waals surface area contributed by atoms with Gasteiger partial charge in [-0.1, -0.05) is 60.5 Å². The molecule has 3 N–H and O–H groups in total. The molecule has 0 aliphatic carbocycles. The first-order chi connectivity index (χ1) is 18.9. The van der Waals surface area contributed by atoms with Gasteiger partial charge in [-0.15, -0.1) is 5.10 Å². The Morgan fingerprint density at radius 1 is 1.21 bits per heavy atom. The highest BCUT2D eigenvalue weighted by atomic mass is 35.5. The number of aromatic amines is 1. The van der Waals surface area contributed by atoms with Crippen molar-refractivity contribution in [2.45, 2.75) is 25.8 Å². The SMILES string of the molecule is C[C@@H]1/C=C\CC(NC(=O)/C=C\c2cc(Cl)ccc2-n2cnnn2)c2nc(c(Cl)[nH]2)-c2ccccc2NC(=O)C1. The third kappa shape index (κ3) is 6.24. The van der Waals surface area contributed by atoms with Gasteiger partial charge in [0.25, 0.3) is 0 Å². The van der Waals surface area contributed by atoms with Crippen LogP contribution in [0, 0.1) is 5.92 Å². The predicted octanol–water partition coefficient (Wildman–Crippen LogP) is 5.15. The maximum Gasteiger partial charge on any atom is 0.244 e. The van der Waals surface area contributed by atoms with Gasteiger partial charge in [-0.25, -0.2) is 4.98 Å². The molecule has 2 bridgehead atoms. The van der Waals surface area contributed by atoms with Gasteiger partial charge in [-0.05, 0) is 53.1 Å². The lowest BCUT2D eigenvalue weighted by atomic mass is 10.0. The Morgan fingerprint density at radius 3 is 2.87 bits per heavy atom. The molecular formula is C27H24Cl2N8O2. The maximum absolute atomic E-state index is 13.1. The van der Waals surface area contributed by atoms with Gasteiger partial charge < -0.3 is 15.6 Å². The first kappa shape index (κ1) is 26.3. The van der Waals surface area contributed by atoms with Crippen LogP contribution in [0.4, 0.5) is 5.69 Å². The Balaban J connectivity index is 1.44. The number of imidazole rings is 1. The van der Waals surface area contributed by atoms with E-state index in [1.165, 1.54) is 17.1 Å². The van der Waals surface area contributed by atoms with Gasteiger partial charge in [-0.2, -0.15) is 4.68 Å². The summed E-state index contributed by atoms with van der Waals surface area (Å²) in [6, 6.07) is 12.0. The van der Waals surface area contributed by atoms with Crippen molar-refractivity contribution in [3.63, 3.8) is 0 Å². The number of benzene rings is 2. The second kappa shape index (κ2) is 11.6. The van der Waals surface area contributed by atoms with Gasteiger partial charge in [0.2, 0.25) is 11.8 Å². The summed E-state index contributed by atoms with van der Waals surface area (Å²) in [5.41, 5.74) is 3.10. The number of nitrogens with one attached hydrogen (secondary N) is 3. The number of fused-ring (bicyclic) bond motifs is 4. The first-order valence-corrected chi connectivity index (χ1v) is 13.0. The van der Waals surface area contributed by atoms with Crippen molar-refractivity contribution in [1.29, 1.82) is 0 Å². The van der Waals surface area contributed by atoms with Crippen LogP contribution in [0.2, 0.25) is 10.2 Å². The van der Waals surface area contributed by atoms with Crippen LogP contribution in [0.5, 0.6) is 0 Å². The van der Waals surface area contributed by atoms with Crippen molar-refractivity contribution in [2.75, 3.05) is 5.32 Å². The normalized spacial score (nSPS) is 18.4. The second-order valence-electron chi connectivity index (χ2n) is 9.08. The number of anilines is 1. The van der Waals surface area contributed by atoms with Crippen LogP contribution < -0.4 is 10.6 Å². The lowest BCUT2D eigenvalue weighted by Gasteiger charge is -2.14. The van der Waals surface area contributed by atoms with Gasteiger partial charge in [0.1, 0.15) is 23.0 Å². The lowest BCUT2D eigenvalue weighted by molar-refractivity contribution is -0.117. The molecule has 198 valence electrons. The van der Waals surface area contributed by atoms with Crippen molar-refractivity contribution >= 4 is 46.8 Å². The van der Waals surface area contributed by atoms with E-state index in [0.29, 0.717) is 57.0 Å². The van der Waals surface area contributed by atoms with E-state index < -0.39 is 6.04 Å². The smallest absolute Gasteiger partial charge is 0.244 e. The van der Waals surface area contributed by atoms with E-state index in [-0.39, 0.29) is 17.7 Å². The summed E-state index contributed by atoms with van der Waals surface area (Å²) in [5.74, 6) is 0.0330. The molecule has 10 nitrogen and oxygen atoms in total. The van der Waals surface area contributed by atoms with Crippen LogP contribution in [-0.4, -0.2) is 42.0 Å². The third-order valence-corrected chi connectivity index (χ3v) is 6.63. The van der Waals surface area contributed by atoms with Crippen molar-refractivity contribution in [3.8, 4) is 16.9 Å². The molecule has 2 amide bonds. The molecule has 0 fully saturated rings. The molecule has 12 heteroatoms. The molecule has 1 unspecified atom stereocenters. The van der Waals surface area contributed by atoms with Crippen molar-refractivity contribution in [2.24, 2.45) is 5.92 Å². The molecule has 2 aromatic carbocycles. The largest absolute Gasteiger partial charge is 0.342 e. The monoisotopic (exact) mass is 562 g/mol. The van der Waals surface area contributed by atoms with Crippen molar-refractivity contribution in [1.82, 2.24) is 35.5 Å². The molecule has 0 saturated heterocycles. The number of allylic oxidation sites excluding steroid dienone is 1. The number of rotatable bonds is 4. The zero-order valence-corrected chi connectivity index (χ0v) is 22.3. The number of hydrogen-bond donors (Lipinski definition) is 3. The highest BCUT2D eigenvalue weighted by molar-refractivity contribution is 6.32. The molecule has 5 rings (SSSR count). The van der Waals surface area contributed by atoms with Crippen LogP contribution in [0.15, 0.2) is 67.0 Å². The van der Waals surface area contributed by atoms with Crippen LogP contribution in [0.3, 0.4) is 0 Å². The molecule has 0 radical (unpaired) electrons. The van der Waals surface area contributed by atoms with E-state index >= 15 is 0 Å². The molecule has 2 aromatic heterocycles. The number of amides is 2. The highest BCUT2D eigenvalue weighted by Crippen LogP contribution is 2.34. The van der Waals surface area contributed by atoms with Crippen LogP contribution in [0.1, 0.15) is 37.2 Å². The molecular weight excluding hydrogens is 539 g/mol. The summed E-state index contributed by atoms with van der Waals surface area (Å²) in [6.07, 6.45) is 9.14.